The van der Waals surface area contributed by atoms with E-state index in [4.69, 9.17) is 0 Å². The number of nitrogens with zero attached hydrogens (tertiary/aromatic N) is 3. The molecule has 1 aromatic carbocycles. The number of benzene rings is 1. The number of fused-ring (bicyclic) bond motifs is 1. The van der Waals surface area contributed by atoms with Gasteiger partial charge in [0.05, 0.1) is 23.6 Å². The first kappa shape index (κ1) is 14.8. The number of rotatable bonds is 2. The molecule has 118 valence electrons. The maximum Gasteiger partial charge on any atom is 0.321 e. The minimum atomic E-state index is -3.19. The molecule has 0 atom stereocenters. The summed E-state index contributed by atoms with van der Waals surface area (Å²) in [4.78, 5) is 20.9. The Bertz CT molecular complexity index is 793. The Balaban J connectivity index is 1.63. The van der Waals surface area contributed by atoms with Crippen molar-refractivity contribution in [3.8, 4) is 0 Å². The molecular formula is C13H17N5O3S. The van der Waals surface area contributed by atoms with Gasteiger partial charge < -0.3 is 15.2 Å². The fraction of sp³-hybridized carbons (Fsp3) is 0.385. The molecule has 0 bridgehead atoms. The molecule has 1 aromatic heterocycles. The summed E-state index contributed by atoms with van der Waals surface area (Å²) in [5.41, 5.74) is 2.35. The molecule has 1 aliphatic heterocycles. The lowest BCUT2D eigenvalue weighted by atomic mass is 10.3. The van der Waals surface area contributed by atoms with Crippen LogP contribution in [-0.2, 0) is 10.0 Å². The monoisotopic (exact) mass is 323 g/mol. The molecule has 22 heavy (non-hydrogen) atoms. The molecule has 9 heteroatoms. The Morgan fingerprint density at radius 1 is 1.27 bits per heavy atom. The van der Waals surface area contributed by atoms with Gasteiger partial charge in [-0.3, -0.25) is 0 Å². The number of carbonyl (C=O) groups is 1. The van der Waals surface area contributed by atoms with Crippen LogP contribution < -0.4 is 5.32 Å². The third-order valence-electron chi connectivity index (χ3n) is 3.67. The van der Waals surface area contributed by atoms with Crippen LogP contribution in [0.1, 0.15) is 0 Å². The van der Waals surface area contributed by atoms with Crippen LogP contribution in [0.2, 0.25) is 0 Å². The molecule has 0 unspecified atom stereocenters. The molecule has 1 saturated heterocycles. The summed E-state index contributed by atoms with van der Waals surface area (Å²) < 4.78 is 24.3. The van der Waals surface area contributed by atoms with Crippen LogP contribution in [0.15, 0.2) is 24.5 Å². The van der Waals surface area contributed by atoms with Gasteiger partial charge in [-0.15, -0.1) is 0 Å². The van der Waals surface area contributed by atoms with Gasteiger partial charge in [-0.2, -0.15) is 4.31 Å². The SMILES string of the molecule is CS(=O)(=O)N1CCN(C(=O)Nc2ccc3nc[nH]c3c2)CC1. The summed E-state index contributed by atoms with van der Waals surface area (Å²) in [7, 11) is -3.19. The van der Waals surface area contributed by atoms with Gasteiger partial charge in [0.2, 0.25) is 10.0 Å². The van der Waals surface area contributed by atoms with Gasteiger partial charge >= 0.3 is 6.03 Å². The van der Waals surface area contributed by atoms with Crippen LogP contribution in [0.25, 0.3) is 11.0 Å². The highest BCUT2D eigenvalue weighted by molar-refractivity contribution is 7.88. The van der Waals surface area contributed by atoms with Crippen molar-refractivity contribution < 1.29 is 13.2 Å². The fourth-order valence-corrected chi connectivity index (χ4v) is 3.27. The molecule has 1 fully saturated rings. The van der Waals surface area contributed by atoms with Gasteiger partial charge in [0, 0.05) is 31.9 Å². The van der Waals surface area contributed by atoms with Gasteiger partial charge in [0.1, 0.15) is 0 Å². The van der Waals surface area contributed by atoms with Crippen LogP contribution >= 0.6 is 0 Å². The number of anilines is 1. The summed E-state index contributed by atoms with van der Waals surface area (Å²) in [6, 6.07) is 5.19. The first-order valence-corrected chi connectivity index (χ1v) is 8.72. The lowest BCUT2D eigenvalue weighted by Crippen LogP contribution is -2.51. The molecule has 2 heterocycles. The molecule has 8 nitrogen and oxygen atoms in total. The number of H-pyrrole nitrogens is 1. The highest BCUT2D eigenvalue weighted by atomic mass is 32.2. The maximum absolute atomic E-state index is 12.2. The van der Waals surface area contributed by atoms with Gasteiger partial charge in [0.25, 0.3) is 0 Å². The van der Waals surface area contributed by atoms with E-state index in [0.717, 1.165) is 11.0 Å². The van der Waals surface area contributed by atoms with Crippen LogP contribution in [-0.4, -0.2) is 66.1 Å². The molecule has 2 amide bonds. The predicted molar refractivity (Wildman–Crippen MR) is 83.1 cm³/mol. The van der Waals surface area contributed by atoms with E-state index >= 15 is 0 Å². The molecule has 2 aromatic rings. The van der Waals surface area contributed by atoms with E-state index in [0.29, 0.717) is 31.9 Å². The van der Waals surface area contributed by atoms with E-state index in [9.17, 15) is 13.2 Å². The smallest absolute Gasteiger partial charge is 0.321 e. The molecule has 0 radical (unpaired) electrons. The second-order valence-corrected chi connectivity index (χ2v) is 7.20. The highest BCUT2D eigenvalue weighted by Crippen LogP contribution is 2.16. The van der Waals surface area contributed by atoms with Crippen molar-refractivity contribution >= 4 is 32.8 Å². The topological polar surface area (TPSA) is 98.4 Å². The van der Waals surface area contributed by atoms with E-state index < -0.39 is 10.0 Å². The normalized spacial score (nSPS) is 16.9. The number of imidazole rings is 1. The van der Waals surface area contributed by atoms with Crippen molar-refractivity contribution in [2.75, 3.05) is 37.8 Å². The average Bonchev–Trinajstić information content (AvgIpc) is 2.94. The van der Waals surface area contributed by atoms with Gasteiger partial charge in [0.15, 0.2) is 0 Å². The molecule has 1 aliphatic rings. The minimum Gasteiger partial charge on any atom is -0.345 e. The zero-order valence-electron chi connectivity index (χ0n) is 12.1. The van der Waals surface area contributed by atoms with Crippen molar-refractivity contribution in [2.45, 2.75) is 0 Å². The number of nitrogens with one attached hydrogen (secondary N) is 2. The van der Waals surface area contributed by atoms with E-state index in [-0.39, 0.29) is 6.03 Å². The third-order valence-corrected chi connectivity index (χ3v) is 4.97. The predicted octanol–water partition coefficient (Wildman–Crippen LogP) is 0.672. The molecule has 2 N–H and O–H groups in total. The van der Waals surface area contributed by atoms with E-state index in [1.54, 1.807) is 17.3 Å². The largest absolute Gasteiger partial charge is 0.345 e. The van der Waals surface area contributed by atoms with Gasteiger partial charge in [-0.1, -0.05) is 0 Å². The Hall–Kier alpha value is -2.13. The number of aromatic nitrogens is 2. The molecular weight excluding hydrogens is 306 g/mol. The summed E-state index contributed by atoms with van der Waals surface area (Å²) in [5, 5.41) is 2.82. The Kier molecular flexibility index (Phi) is 3.75. The second kappa shape index (κ2) is 5.58. The first-order valence-electron chi connectivity index (χ1n) is 6.88. The summed E-state index contributed by atoms with van der Waals surface area (Å²) in [6.45, 7) is 1.41. The number of amides is 2. The molecule has 3 rings (SSSR count). The zero-order valence-corrected chi connectivity index (χ0v) is 12.9. The Morgan fingerprint density at radius 3 is 2.68 bits per heavy atom. The third kappa shape index (κ3) is 3.04. The van der Waals surface area contributed by atoms with E-state index in [1.807, 2.05) is 12.1 Å². The molecule has 0 aliphatic carbocycles. The van der Waals surface area contributed by atoms with Crippen molar-refractivity contribution in [1.82, 2.24) is 19.2 Å². The standard InChI is InChI=1S/C13H17N5O3S/c1-22(20,21)18-6-4-17(5-7-18)13(19)16-10-2-3-11-12(8-10)15-9-14-11/h2-3,8-9H,4-7H2,1H3,(H,14,15)(H,16,19). The number of aromatic amines is 1. The lowest BCUT2D eigenvalue weighted by molar-refractivity contribution is 0.184. The number of carbonyl (C=O) groups excluding carboxylic acids is 1. The van der Waals surface area contributed by atoms with E-state index in [2.05, 4.69) is 15.3 Å². The Labute approximate surface area is 128 Å². The second-order valence-electron chi connectivity index (χ2n) is 5.21. The Morgan fingerprint density at radius 2 is 2.00 bits per heavy atom. The first-order chi connectivity index (χ1) is 10.4. The van der Waals surface area contributed by atoms with Gasteiger partial charge in [-0.25, -0.2) is 18.2 Å². The fourth-order valence-electron chi connectivity index (χ4n) is 2.44. The summed E-state index contributed by atoms with van der Waals surface area (Å²) in [5.74, 6) is 0. The number of sulfonamides is 1. The average molecular weight is 323 g/mol. The number of hydrogen-bond donors (Lipinski definition) is 2. The zero-order chi connectivity index (χ0) is 15.7. The van der Waals surface area contributed by atoms with Crippen LogP contribution in [0.3, 0.4) is 0 Å². The van der Waals surface area contributed by atoms with Crippen molar-refractivity contribution in [2.24, 2.45) is 0 Å². The number of hydrogen-bond acceptors (Lipinski definition) is 4. The van der Waals surface area contributed by atoms with Gasteiger partial charge in [-0.05, 0) is 18.2 Å². The molecule has 0 saturated carbocycles. The van der Waals surface area contributed by atoms with Crippen molar-refractivity contribution in [3.63, 3.8) is 0 Å². The highest BCUT2D eigenvalue weighted by Gasteiger charge is 2.25. The van der Waals surface area contributed by atoms with Crippen LogP contribution in [0.4, 0.5) is 10.5 Å². The number of piperazine rings is 1. The van der Waals surface area contributed by atoms with E-state index in [1.165, 1.54) is 10.6 Å². The summed E-state index contributed by atoms with van der Waals surface area (Å²) >= 11 is 0. The molecule has 0 spiro atoms. The minimum absolute atomic E-state index is 0.230. The van der Waals surface area contributed by atoms with Crippen molar-refractivity contribution in [3.05, 3.63) is 24.5 Å². The lowest BCUT2D eigenvalue weighted by Gasteiger charge is -2.33. The van der Waals surface area contributed by atoms with Crippen LogP contribution in [0.5, 0.6) is 0 Å². The number of urea groups is 1. The van der Waals surface area contributed by atoms with Crippen LogP contribution in [0, 0.1) is 0 Å². The maximum atomic E-state index is 12.2. The quantitative estimate of drug-likeness (QED) is 0.848. The van der Waals surface area contributed by atoms with Crippen molar-refractivity contribution in [1.29, 1.82) is 0 Å². The summed E-state index contributed by atoms with van der Waals surface area (Å²) in [6.07, 6.45) is 2.78.